The third-order valence-corrected chi connectivity index (χ3v) is 4.95. The minimum Gasteiger partial charge on any atom is -0.544 e. The molecule has 134 valence electrons. The zero-order chi connectivity index (χ0) is 18.3. The first-order valence-corrected chi connectivity index (χ1v) is 8.69. The van der Waals surface area contributed by atoms with Crippen molar-refractivity contribution in [2.24, 2.45) is 0 Å². The predicted octanol–water partition coefficient (Wildman–Crippen LogP) is 0.600. The highest BCUT2D eigenvalue weighted by molar-refractivity contribution is 5.86. The average Bonchev–Trinajstić information content (AvgIpc) is 3.01. The molecule has 0 bridgehead atoms. The third kappa shape index (κ3) is 2.68. The van der Waals surface area contributed by atoms with E-state index in [4.69, 9.17) is 4.74 Å². The van der Waals surface area contributed by atoms with E-state index >= 15 is 0 Å². The van der Waals surface area contributed by atoms with E-state index in [0.29, 0.717) is 18.8 Å². The highest BCUT2D eigenvalue weighted by Gasteiger charge is 2.35. The van der Waals surface area contributed by atoms with Gasteiger partial charge in [0.25, 0.3) is 0 Å². The quantitative estimate of drug-likeness (QED) is 0.640. The molecule has 4 rings (SSSR count). The van der Waals surface area contributed by atoms with Gasteiger partial charge in [0, 0.05) is 22.9 Å². The van der Waals surface area contributed by atoms with E-state index in [0.717, 1.165) is 27.7 Å². The van der Waals surface area contributed by atoms with Crippen molar-refractivity contribution < 1.29 is 25.1 Å². The van der Waals surface area contributed by atoms with Gasteiger partial charge in [-0.3, -0.25) is 0 Å². The fourth-order valence-corrected chi connectivity index (χ4v) is 3.77. The van der Waals surface area contributed by atoms with Gasteiger partial charge in [-0.2, -0.15) is 0 Å². The molecule has 4 N–H and O–H groups in total. The fourth-order valence-electron chi connectivity index (χ4n) is 3.77. The number of carboxylic acid groups (broad SMARTS) is 1. The number of benzene rings is 2. The topological polar surface area (TPSA) is 102 Å². The van der Waals surface area contributed by atoms with Crippen LogP contribution in [0.4, 0.5) is 0 Å². The standard InChI is InChI=1S/C20H20N2O4/c1-2-26-17-8-7-11(9-16(17)23)18-19-13(10-15(22-18)20(24)25)12-5-3-4-6-14(12)21-19/h3-9,15,18,21-23H,2,10H2,1H3,(H,24,25)/t15-,18-/m1/s1. The van der Waals surface area contributed by atoms with Crippen LogP contribution in [-0.4, -0.2) is 28.7 Å². The molecular formula is C20H20N2O4. The second-order valence-electron chi connectivity index (χ2n) is 6.52. The number of aromatic nitrogens is 1. The molecule has 0 aliphatic carbocycles. The van der Waals surface area contributed by atoms with E-state index in [1.165, 1.54) is 0 Å². The maximum Gasteiger partial charge on any atom is 0.160 e. The number of carboxylic acids is 1. The molecule has 2 aromatic carbocycles. The van der Waals surface area contributed by atoms with Crippen LogP contribution in [0.25, 0.3) is 10.9 Å². The van der Waals surface area contributed by atoms with Gasteiger partial charge in [-0.1, -0.05) is 18.2 Å². The Morgan fingerprint density at radius 3 is 2.88 bits per heavy atom. The SMILES string of the molecule is CCOc1ccc([C@H]2[NH2+][C@@H](C(=O)[O-])Cc3c2[nH]c2ccccc32)cc1O. The summed E-state index contributed by atoms with van der Waals surface area (Å²) in [4.78, 5) is 15.0. The molecule has 0 unspecified atom stereocenters. The number of phenols is 1. The van der Waals surface area contributed by atoms with Crippen molar-refractivity contribution in [2.45, 2.75) is 25.4 Å². The van der Waals surface area contributed by atoms with E-state index in [1.54, 1.807) is 17.4 Å². The number of phenolic OH excluding ortho intramolecular Hbond substituents is 1. The summed E-state index contributed by atoms with van der Waals surface area (Å²) in [7, 11) is 0. The van der Waals surface area contributed by atoms with Gasteiger partial charge >= 0.3 is 0 Å². The summed E-state index contributed by atoms with van der Waals surface area (Å²) in [6, 6.07) is 12.1. The number of carbonyl (C=O) groups is 1. The summed E-state index contributed by atoms with van der Waals surface area (Å²) in [5, 5.41) is 24.6. The van der Waals surface area contributed by atoms with Gasteiger partial charge in [-0.05, 0) is 36.8 Å². The van der Waals surface area contributed by atoms with Crippen LogP contribution in [0.5, 0.6) is 11.5 Å². The Balaban J connectivity index is 1.83. The number of aromatic amines is 1. The lowest BCUT2D eigenvalue weighted by molar-refractivity contribution is -0.717. The summed E-state index contributed by atoms with van der Waals surface area (Å²) >= 11 is 0. The monoisotopic (exact) mass is 352 g/mol. The number of para-hydroxylation sites is 1. The molecule has 2 atom stereocenters. The van der Waals surface area contributed by atoms with Gasteiger partial charge in [-0.15, -0.1) is 0 Å². The molecule has 1 aliphatic rings. The lowest BCUT2D eigenvalue weighted by Gasteiger charge is -2.29. The molecule has 0 saturated carbocycles. The maximum absolute atomic E-state index is 11.6. The van der Waals surface area contributed by atoms with Crippen LogP contribution in [-0.2, 0) is 11.2 Å². The number of hydrogen-bond acceptors (Lipinski definition) is 4. The van der Waals surface area contributed by atoms with Crippen molar-refractivity contribution in [3.63, 3.8) is 0 Å². The molecule has 0 amide bonds. The van der Waals surface area contributed by atoms with Gasteiger partial charge < -0.3 is 30.0 Å². The molecule has 6 nitrogen and oxygen atoms in total. The molecule has 6 heteroatoms. The first kappa shape index (κ1) is 16.5. The molecule has 1 aromatic heterocycles. The third-order valence-electron chi connectivity index (χ3n) is 4.95. The number of fused-ring (bicyclic) bond motifs is 3. The number of nitrogens with two attached hydrogens (primary N) is 1. The second kappa shape index (κ2) is 6.38. The summed E-state index contributed by atoms with van der Waals surface area (Å²) in [6.45, 7) is 2.31. The zero-order valence-electron chi connectivity index (χ0n) is 14.4. The van der Waals surface area contributed by atoms with E-state index in [9.17, 15) is 15.0 Å². The Labute approximate surface area is 150 Å². The van der Waals surface area contributed by atoms with Crippen molar-refractivity contribution in [2.75, 3.05) is 6.61 Å². The molecule has 2 heterocycles. The number of hydrogen-bond donors (Lipinski definition) is 3. The minimum atomic E-state index is -1.08. The Morgan fingerprint density at radius 1 is 1.35 bits per heavy atom. The Morgan fingerprint density at radius 2 is 2.15 bits per heavy atom. The largest absolute Gasteiger partial charge is 0.544 e. The lowest BCUT2D eigenvalue weighted by atomic mass is 9.90. The number of aliphatic carboxylic acids is 1. The van der Waals surface area contributed by atoms with Gasteiger partial charge in [0.2, 0.25) is 0 Å². The molecule has 3 aromatic rings. The summed E-state index contributed by atoms with van der Waals surface area (Å²) < 4.78 is 5.38. The van der Waals surface area contributed by atoms with Gasteiger partial charge in [-0.25, -0.2) is 0 Å². The van der Waals surface area contributed by atoms with Gasteiger partial charge in [0.1, 0.15) is 6.04 Å². The highest BCUT2D eigenvalue weighted by Crippen LogP contribution is 2.35. The number of nitrogens with one attached hydrogen (secondary N) is 1. The highest BCUT2D eigenvalue weighted by atomic mass is 16.5. The number of rotatable bonds is 4. The van der Waals surface area contributed by atoms with Crippen LogP contribution in [0.15, 0.2) is 42.5 Å². The smallest absolute Gasteiger partial charge is 0.160 e. The van der Waals surface area contributed by atoms with Crippen molar-refractivity contribution in [1.82, 2.24) is 4.98 Å². The first-order chi connectivity index (χ1) is 12.6. The fraction of sp³-hybridized carbons (Fsp3) is 0.250. The molecule has 26 heavy (non-hydrogen) atoms. The number of carbonyl (C=O) groups excluding carboxylic acids is 1. The molecule has 0 saturated heterocycles. The number of quaternary nitrogens is 1. The van der Waals surface area contributed by atoms with E-state index in [1.807, 2.05) is 37.3 Å². The Hall–Kier alpha value is -2.99. The predicted molar refractivity (Wildman–Crippen MR) is 93.8 cm³/mol. The Bertz CT molecular complexity index is 979. The molecular weight excluding hydrogens is 332 g/mol. The molecule has 1 aliphatic heterocycles. The first-order valence-electron chi connectivity index (χ1n) is 8.69. The average molecular weight is 352 g/mol. The van der Waals surface area contributed by atoms with Crippen molar-refractivity contribution in [1.29, 1.82) is 0 Å². The van der Waals surface area contributed by atoms with E-state index < -0.39 is 12.0 Å². The molecule has 0 fully saturated rings. The second-order valence-corrected chi connectivity index (χ2v) is 6.52. The van der Waals surface area contributed by atoms with Crippen LogP contribution in [0.2, 0.25) is 0 Å². The van der Waals surface area contributed by atoms with Gasteiger partial charge in [0.15, 0.2) is 17.5 Å². The summed E-state index contributed by atoms with van der Waals surface area (Å²) in [5.74, 6) is -0.618. The summed E-state index contributed by atoms with van der Waals surface area (Å²) in [5.41, 5.74) is 3.75. The van der Waals surface area contributed by atoms with Crippen LogP contribution in [0.1, 0.15) is 29.8 Å². The van der Waals surface area contributed by atoms with Crippen LogP contribution in [0, 0.1) is 0 Å². The van der Waals surface area contributed by atoms with Crippen LogP contribution >= 0.6 is 0 Å². The lowest BCUT2D eigenvalue weighted by Crippen LogP contribution is -2.95. The number of aromatic hydroxyl groups is 1. The van der Waals surface area contributed by atoms with Crippen LogP contribution < -0.4 is 15.2 Å². The van der Waals surface area contributed by atoms with Crippen molar-refractivity contribution in [3.05, 3.63) is 59.3 Å². The van der Waals surface area contributed by atoms with Gasteiger partial charge in [0.05, 0.1) is 18.3 Å². The number of H-pyrrole nitrogens is 1. The van der Waals surface area contributed by atoms with E-state index in [2.05, 4.69) is 4.98 Å². The summed E-state index contributed by atoms with van der Waals surface area (Å²) in [6.07, 6.45) is 0.404. The normalized spacial score (nSPS) is 19.3. The Kier molecular flexibility index (Phi) is 4.05. The minimum absolute atomic E-state index is 0.0472. The van der Waals surface area contributed by atoms with Crippen molar-refractivity contribution in [3.8, 4) is 11.5 Å². The van der Waals surface area contributed by atoms with E-state index in [-0.39, 0.29) is 11.8 Å². The van der Waals surface area contributed by atoms with Crippen molar-refractivity contribution >= 4 is 16.9 Å². The maximum atomic E-state index is 11.6. The molecule has 0 spiro atoms. The molecule has 0 radical (unpaired) electrons. The van der Waals surface area contributed by atoms with Crippen LogP contribution in [0.3, 0.4) is 0 Å². The number of ether oxygens (including phenoxy) is 1. The zero-order valence-corrected chi connectivity index (χ0v) is 14.4.